The Hall–Kier alpha value is -0.610. The summed E-state index contributed by atoms with van der Waals surface area (Å²) in [6.45, 7) is 4.69. The minimum atomic E-state index is -0.128. The number of amides is 1. The minimum absolute atomic E-state index is 0.00235. The van der Waals surface area contributed by atoms with Crippen molar-refractivity contribution in [2.24, 2.45) is 17.6 Å². The molecule has 0 aliphatic rings. The predicted molar refractivity (Wildman–Crippen MR) is 52.1 cm³/mol. The summed E-state index contributed by atoms with van der Waals surface area (Å²) in [5.41, 5.74) is 5.50. The normalized spacial score (nSPS) is 13.1. The smallest absolute Gasteiger partial charge is 0.227 e. The van der Waals surface area contributed by atoms with Crippen molar-refractivity contribution in [1.29, 1.82) is 0 Å². The van der Waals surface area contributed by atoms with Gasteiger partial charge in [-0.15, -0.1) is 0 Å². The van der Waals surface area contributed by atoms with Crippen molar-refractivity contribution in [3.05, 3.63) is 0 Å². The Morgan fingerprint density at radius 1 is 1.54 bits per heavy atom. The third-order valence-electron chi connectivity index (χ3n) is 2.19. The maximum absolute atomic E-state index is 11.6. The van der Waals surface area contributed by atoms with Crippen molar-refractivity contribution >= 4 is 5.91 Å². The van der Waals surface area contributed by atoms with E-state index in [-0.39, 0.29) is 24.3 Å². The van der Waals surface area contributed by atoms with Crippen LogP contribution in [0.2, 0.25) is 0 Å². The van der Waals surface area contributed by atoms with Gasteiger partial charge in [-0.1, -0.05) is 13.8 Å². The van der Waals surface area contributed by atoms with Crippen LogP contribution in [0.5, 0.6) is 0 Å². The number of carbonyl (C=O) groups excluding carboxylic acids is 1. The molecule has 0 aromatic heterocycles. The van der Waals surface area contributed by atoms with Crippen LogP contribution in [-0.2, 0) is 4.79 Å². The zero-order chi connectivity index (χ0) is 10.4. The Bertz CT molecular complexity index is 160. The maximum atomic E-state index is 11.6. The van der Waals surface area contributed by atoms with Crippen LogP contribution in [0.3, 0.4) is 0 Å². The second-order valence-electron chi connectivity index (χ2n) is 3.57. The standard InChI is InChI=1S/C9H20N2O2/c1-7(2)8(6-10)9(13)11(3)4-5-12/h7-8,12H,4-6,10H2,1-3H3. The summed E-state index contributed by atoms with van der Waals surface area (Å²) in [4.78, 5) is 13.2. The van der Waals surface area contributed by atoms with E-state index in [0.29, 0.717) is 13.1 Å². The van der Waals surface area contributed by atoms with Crippen LogP contribution in [0.1, 0.15) is 13.8 Å². The fourth-order valence-electron chi connectivity index (χ4n) is 1.20. The minimum Gasteiger partial charge on any atom is -0.395 e. The molecule has 0 aromatic rings. The molecular weight excluding hydrogens is 168 g/mol. The molecule has 0 fully saturated rings. The molecule has 3 N–H and O–H groups in total. The number of hydrogen-bond donors (Lipinski definition) is 2. The third kappa shape index (κ3) is 3.74. The Morgan fingerprint density at radius 3 is 2.38 bits per heavy atom. The summed E-state index contributed by atoms with van der Waals surface area (Å²) in [5, 5.41) is 8.65. The molecule has 0 saturated heterocycles. The van der Waals surface area contributed by atoms with Gasteiger partial charge < -0.3 is 15.7 Å². The molecular formula is C9H20N2O2. The van der Waals surface area contributed by atoms with Crippen LogP contribution in [0, 0.1) is 11.8 Å². The lowest BCUT2D eigenvalue weighted by Crippen LogP contribution is -2.40. The highest BCUT2D eigenvalue weighted by Gasteiger charge is 2.23. The van der Waals surface area contributed by atoms with Gasteiger partial charge >= 0.3 is 0 Å². The Balaban J connectivity index is 4.19. The lowest BCUT2D eigenvalue weighted by Gasteiger charge is -2.24. The second kappa shape index (κ2) is 5.94. The highest BCUT2D eigenvalue weighted by Crippen LogP contribution is 2.11. The van der Waals surface area contributed by atoms with Crippen LogP contribution < -0.4 is 5.73 Å². The molecule has 4 heteroatoms. The van der Waals surface area contributed by atoms with Crippen LogP contribution in [0.15, 0.2) is 0 Å². The van der Waals surface area contributed by atoms with Gasteiger partial charge in [-0.3, -0.25) is 4.79 Å². The first-order valence-corrected chi connectivity index (χ1v) is 4.60. The zero-order valence-electron chi connectivity index (χ0n) is 8.66. The number of carbonyl (C=O) groups is 1. The van der Waals surface area contributed by atoms with Crippen molar-refractivity contribution in [1.82, 2.24) is 4.90 Å². The van der Waals surface area contributed by atoms with E-state index in [9.17, 15) is 4.79 Å². The van der Waals surface area contributed by atoms with E-state index in [1.54, 1.807) is 7.05 Å². The van der Waals surface area contributed by atoms with E-state index in [2.05, 4.69) is 0 Å². The molecule has 4 nitrogen and oxygen atoms in total. The first kappa shape index (κ1) is 12.4. The molecule has 0 saturated carbocycles. The van der Waals surface area contributed by atoms with Gasteiger partial charge in [0.2, 0.25) is 5.91 Å². The van der Waals surface area contributed by atoms with Crippen molar-refractivity contribution in [2.75, 3.05) is 26.7 Å². The first-order valence-electron chi connectivity index (χ1n) is 4.60. The summed E-state index contributed by atoms with van der Waals surface area (Å²) in [6, 6.07) is 0. The summed E-state index contributed by atoms with van der Waals surface area (Å²) < 4.78 is 0. The fraction of sp³-hybridized carbons (Fsp3) is 0.889. The van der Waals surface area contributed by atoms with Gasteiger partial charge in [-0.2, -0.15) is 0 Å². The largest absolute Gasteiger partial charge is 0.395 e. The lowest BCUT2D eigenvalue weighted by molar-refractivity contribution is -0.135. The molecule has 1 amide bonds. The van der Waals surface area contributed by atoms with Gasteiger partial charge in [-0.25, -0.2) is 0 Å². The van der Waals surface area contributed by atoms with Crippen LogP contribution in [0.25, 0.3) is 0 Å². The molecule has 0 aliphatic carbocycles. The number of hydrogen-bond acceptors (Lipinski definition) is 3. The summed E-state index contributed by atoms with van der Waals surface area (Å²) in [6.07, 6.45) is 0. The monoisotopic (exact) mass is 188 g/mol. The topological polar surface area (TPSA) is 66.6 Å². The number of aliphatic hydroxyl groups is 1. The Labute approximate surface area is 79.7 Å². The molecule has 0 heterocycles. The van der Waals surface area contributed by atoms with E-state index in [1.807, 2.05) is 13.8 Å². The van der Waals surface area contributed by atoms with Crippen molar-refractivity contribution < 1.29 is 9.90 Å². The first-order chi connectivity index (χ1) is 6.04. The molecule has 0 aromatic carbocycles. The Kier molecular flexibility index (Phi) is 5.66. The van der Waals surface area contributed by atoms with Crippen molar-refractivity contribution in [2.45, 2.75) is 13.8 Å². The number of aliphatic hydroxyl groups excluding tert-OH is 1. The third-order valence-corrected chi connectivity index (χ3v) is 2.19. The predicted octanol–water partition coefficient (Wildman–Crippen LogP) is -0.332. The summed E-state index contributed by atoms with van der Waals surface area (Å²) in [5.74, 6) is 0.141. The molecule has 78 valence electrons. The van der Waals surface area contributed by atoms with E-state index in [0.717, 1.165) is 0 Å². The van der Waals surface area contributed by atoms with Gasteiger partial charge in [0.1, 0.15) is 0 Å². The average Bonchev–Trinajstić information content (AvgIpc) is 2.05. The zero-order valence-corrected chi connectivity index (χ0v) is 8.66. The number of rotatable bonds is 5. The fourth-order valence-corrected chi connectivity index (χ4v) is 1.20. The second-order valence-corrected chi connectivity index (χ2v) is 3.57. The van der Waals surface area contributed by atoms with Gasteiger partial charge in [-0.05, 0) is 5.92 Å². The van der Waals surface area contributed by atoms with Gasteiger partial charge in [0.15, 0.2) is 0 Å². The van der Waals surface area contributed by atoms with Crippen LogP contribution in [0.4, 0.5) is 0 Å². The van der Waals surface area contributed by atoms with Crippen molar-refractivity contribution in [3.63, 3.8) is 0 Å². The molecule has 1 unspecified atom stereocenters. The number of nitrogens with zero attached hydrogens (tertiary/aromatic N) is 1. The number of likely N-dealkylation sites (N-methyl/N-ethyl adjacent to an activating group) is 1. The van der Waals surface area contributed by atoms with Gasteiger partial charge in [0.05, 0.1) is 12.5 Å². The van der Waals surface area contributed by atoms with E-state index in [4.69, 9.17) is 10.8 Å². The molecule has 0 spiro atoms. The lowest BCUT2D eigenvalue weighted by atomic mass is 9.95. The average molecular weight is 188 g/mol. The molecule has 0 aliphatic heterocycles. The van der Waals surface area contributed by atoms with E-state index in [1.165, 1.54) is 4.90 Å². The molecule has 0 bridgehead atoms. The highest BCUT2D eigenvalue weighted by molar-refractivity contribution is 5.79. The van der Waals surface area contributed by atoms with Crippen LogP contribution in [-0.4, -0.2) is 42.7 Å². The van der Waals surface area contributed by atoms with E-state index >= 15 is 0 Å². The van der Waals surface area contributed by atoms with Gasteiger partial charge in [0, 0.05) is 20.1 Å². The van der Waals surface area contributed by atoms with Crippen LogP contribution >= 0.6 is 0 Å². The molecule has 0 radical (unpaired) electrons. The molecule has 0 rings (SSSR count). The summed E-state index contributed by atoms with van der Waals surface area (Å²) >= 11 is 0. The maximum Gasteiger partial charge on any atom is 0.227 e. The number of nitrogens with two attached hydrogens (primary N) is 1. The quantitative estimate of drug-likeness (QED) is 0.620. The van der Waals surface area contributed by atoms with Gasteiger partial charge in [0.25, 0.3) is 0 Å². The van der Waals surface area contributed by atoms with Crippen molar-refractivity contribution in [3.8, 4) is 0 Å². The molecule has 13 heavy (non-hydrogen) atoms. The van der Waals surface area contributed by atoms with E-state index < -0.39 is 0 Å². The SMILES string of the molecule is CC(C)C(CN)C(=O)N(C)CCO. The highest BCUT2D eigenvalue weighted by atomic mass is 16.3. The Morgan fingerprint density at radius 2 is 2.08 bits per heavy atom. The molecule has 1 atom stereocenters. The summed E-state index contributed by atoms with van der Waals surface area (Å²) in [7, 11) is 1.68.